The molecule has 0 saturated carbocycles. The Hall–Kier alpha value is -0.980. The third-order valence-electron chi connectivity index (χ3n) is 3.93. The zero-order valence-corrected chi connectivity index (χ0v) is 11.8. The monoisotopic (exact) mass is 276 g/mol. The molecule has 2 fully saturated rings. The van der Waals surface area contributed by atoms with E-state index in [2.05, 4.69) is 45.1 Å². The van der Waals surface area contributed by atoms with Crippen molar-refractivity contribution >= 4 is 0 Å². The maximum atomic E-state index is 5.97. The molecule has 0 spiro atoms. The van der Waals surface area contributed by atoms with E-state index in [4.69, 9.17) is 4.74 Å². The van der Waals surface area contributed by atoms with Crippen molar-refractivity contribution in [3.63, 3.8) is 0 Å². The molecule has 110 valence electrons. The molecule has 0 amide bonds. The number of benzene rings is 1. The van der Waals surface area contributed by atoms with Gasteiger partial charge in [-0.25, -0.2) is 0 Å². The van der Waals surface area contributed by atoms with E-state index in [1.54, 1.807) is 0 Å². The summed E-state index contributed by atoms with van der Waals surface area (Å²) in [4.78, 5) is 2.49. The Balaban J connectivity index is 1.47. The van der Waals surface area contributed by atoms with Crippen molar-refractivity contribution in [1.29, 1.82) is 0 Å². The van der Waals surface area contributed by atoms with Crippen LogP contribution in [0.15, 0.2) is 30.3 Å². The highest BCUT2D eigenvalue weighted by atomic mass is 16.5. The molecule has 0 aliphatic carbocycles. The van der Waals surface area contributed by atoms with Gasteiger partial charge in [-0.2, -0.15) is 0 Å². The first-order chi connectivity index (χ1) is 9.92. The maximum absolute atomic E-state index is 5.97. The fourth-order valence-electron chi connectivity index (χ4n) is 2.79. The van der Waals surface area contributed by atoms with Gasteiger partial charge in [-0.05, 0) is 5.56 Å². The Labute approximate surface area is 120 Å². The molecule has 0 aromatic heterocycles. The summed E-state index contributed by atoms with van der Waals surface area (Å²) in [5, 5.41) is 10.5. The van der Waals surface area contributed by atoms with Crippen LogP contribution in [0.3, 0.4) is 0 Å². The summed E-state index contributed by atoms with van der Waals surface area (Å²) in [5.41, 5.74) is 1.22. The van der Waals surface area contributed by atoms with Gasteiger partial charge in [0.1, 0.15) is 6.23 Å². The summed E-state index contributed by atoms with van der Waals surface area (Å²) >= 11 is 0. The normalized spacial score (nSPS) is 28.4. The van der Waals surface area contributed by atoms with Gasteiger partial charge in [-0.1, -0.05) is 30.3 Å². The minimum atomic E-state index is 0.0869. The largest absolute Gasteiger partial charge is 0.357 e. The van der Waals surface area contributed by atoms with Gasteiger partial charge in [0, 0.05) is 39.3 Å². The molecule has 0 radical (unpaired) electrons. The third kappa shape index (κ3) is 3.77. The Morgan fingerprint density at radius 2 is 1.85 bits per heavy atom. The predicted molar refractivity (Wildman–Crippen MR) is 79.3 cm³/mol. The highest BCUT2D eigenvalue weighted by Crippen LogP contribution is 2.07. The molecule has 3 N–H and O–H groups in total. The molecule has 1 aromatic rings. The number of nitrogens with one attached hydrogen (secondary N) is 3. The van der Waals surface area contributed by atoms with Gasteiger partial charge >= 0.3 is 0 Å². The van der Waals surface area contributed by atoms with Crippen LogP contribution in [0.1, 0.15) is 5.56 Å². The fourth-order valence-corrected chi connectivity index (χ4v) is 2.79. The molecule has 5 nitrogen and oxygen atoms in total. The Morgan fingerprint density at radius 1 is 1.05 bits per heavy atom. The number of nitrogens with zero attached hydrogens (tertiary/aromatic N) is 1. The molecule has 2 unspecified atom stereocenters. The van der Waals surface area contributed by atoms with Crippen molar-refractivity contribution in [2.75, 3.05) is 39.3 Å². The van der Waals surface area contributed by atoms with Crippen LogP contribution in [-0.2, 0) is 11.3 Å². The lowest BCUT2D eigenvalue weighted by Gasteiger charge is -2.40. The van der Waals surface area contributed by atoms with Gasteiger partial charge in [0.2, 0.25) is 0 Å². The van der Waals surface area contributed by atoms with Crippen LogP contribution >= 0.6 is 0 Å². The lowest BCUT2D eigenvalue weighted by molar-refractivity contribution is -0.0294. The molecule has 0 bridgehead atoms. The second-order valence-corrected chi connectivity index (χ2v) is 5.41. The molecule has 5 heteroatoms. The Kier molecular flexibility index (Phi) is 5.00. The third-order valence-corrected chi connectivity index (χ3v) is 3.93. The molecule has 2 saturated heterocycles. The quantitative estimate of drug-likeness (QED) is 0.720. The molecule has 2 aliphatic heterocycles. The van der Waals surface area contributed by atoms with Crippen LogP contribution in [0.25, 0.3) is 0 Å². The number of ether oxygens (including phenoxy) is 1. The fraction of sp³-hybridized carbons (Fsp3) is 0.600. The summed E-state index contributed by atoms with van der Waals surface area (Å²) in [6, 6.07) is 10.3. The van der Waals surface area contributed by atoms with E-state index in [1.807, 2.05) is 6.07 Å². The summed E-state index contributed by atoms with van der Waals surface area (Å²) in [5.74, 6) is 0. The van der Waals surface area contributed by atoms with Crippen LogP contribution in [0.2, 0.25) is 0 Å². The first-order valence-corrected chi connectivity index (χ1v) is 7.49. The molecule has 20 heavy (non-hydrogen) atoms. The standard InChI is InChI=1S/C15H24N4O/c1-2-4-13(5-3-1)12-20-15-11-17-10-14(18-15)19-8-6-16-7-9-19/h1-5,14-18H,6-12H2. The molecule has 2 atom stereocenters. The first kappa shape index (κ1) is 14.0. The summed E-state index contributed by atoms with van der Waals surface area (Å²) < 4.78 is 5.97. The maximum Gasteiger partial charge on any atom is 0.122 e. The van der Waals surface area contributed by atoms with Crippen molar-refractivity contribution in [1.82, 2.24) is 20.9 Å². The SMILES string of the molecule is c1ccc(COC2CNCC(N3CCNCC3)N2)cc1. The van der Waals surface area contributed by atoms with Crippen LogP contribution in [0, 0.1) is 0 Å². The van der Waals surface area contributed by atoms with Crippen molar-refractivity contribution in [3.05, 3.63) is 35.9 Å². The minimum absolute atomic E-state index is 0.0869. The molecule has 3 rings (SSSR count). The van der Waals surface area contributed by atoms with Gasteiger partial charge in [-0.3, -0.25) is 10.2 Å². The van der Waals surface area contributed by atoms with Crippen molar-refractivity contribution in [3.8, 4) is 0 Å². The van der Waals surface area contributed by atoms with E-state index in [1.165, 1.54) is 5.56 Å². The van der Waals surface area contributed by atoms with Gasteiger partial charge in [0.05, 0.1) is 12.8 Å². The number of hydrogen-bond donors (Lipinski definition) is 3. The van der Waals surface area contributed by atoms with Gasteiger partial charge in [-0.15, -0.1) is 0 Å². The van der Waals surface area contributed by atoms with Crippen LogP contribution in [-0.4, -0.2) is 56.6 Å². The van der Waals surface area contributed by atoms with Gasteiger partial charge in [0.25, 0.3) is 0 Å². The van der Waals surface area contributed by atoms with Crippen LogP contribution in [0.4, 0.5) is 0 Å². The summed E-state index contributed by atoms with van der Waals surface area (Å²) in [6.45, 7) is 6.88. The second-order valence-electron chi connectivity index (χ2n) is 5.41. The lowest BCUT2D eigenvalue weighted by Crippen LogP contribution is -2.64. The predicted octanol–water partition coefficient (Wildman–Crippen LogP) is -0.0466. The molecular weight excluding hydrogens is 252 g/mol. The molecular formula is C15H24N4O. The molecule has 2 heterocycles. The Bertz CT molecular complexity index is 394. The Morgan fingerprint density at radius 3 is 2.65 bits per heavy atom. The second kappa shape index (κ2) is 7.15. The van der Waals surface area contributed by atoms with E-state index >= 15 is 0 Å². The average molecular weight is 276 g/mol. The number of rotatable bonds is 4. The lowest BCUT2D eigenvalue weighted by atomic mass is 10.2. The smallest absolute Gasteiger partial charge is 0.122 e. The minimum Gasteiger partial charge on any atom is -0.357 e. The summed E-state index contributed by atoms with van der Waals surface area (Å²) in [6.07, 6.45) is 0.468. The van der Waals surface area contributed by atoms with Crippen molar-refractivity contribution in [2.45, 2.75) is 19.0 Å². The van der Waals surface area contributed by atoms with E-state index in [9.17, 15) is 0 Å². The number of piperazine rings is 2. The first-order valence-electron chi connectivity index (χ1n) is 7.49. The van der Waals surface area contributed by atoms with E-state index in [0.717, 1.165) is 39.3 Å². The topological polar surface area (TPSA) is 48.6 Å². The zero-order chi connectivity index (χ0) is 13.6. The van der Waals surface area contributed by atoms with Gasteiger partial charge < -0.3 is 15.4 Å². The van der Waals surface area contributed by atoms with E-state index in [-0.39, 0.29) is 6.23 Å². The van der Waals surface area contributed by atoms with Crippen molar-refractivity contribution < 1.29 is 4.74 Å². The van der Waals surface area contributed by atoms with Gasteiger partial charge in [0.15, 0.2) is 0 Å². The van der Waals surface area contributed by atoms with E-state index < -0.39 is 0 Å². The highest BCUT2D eigenvalue weighted by molar-refractivity contribution is 5.13. The molecule has 1 aromatic carbocycles. The molecule has 2 aliphatic rings. The van der Waals surface area contributed by atoms with Crippen LogP contribution < -0.4 is 16.0 Å². The highest BCUT2D eigenvalue weighted by Gasteiger charge is 2.26. The average Bonchev–Trinajstić information content (AvgIpc) is 2.55. The van der Waals surface area contributed by atoms with Crippen molar-refractivity contribution in [2.24, 2.45) is 0 Å². The summed E-state index contributed by atoms with van der Waals surface area (Å²) in [7, 11) is 0. The van der Waals surface area contributed by atoms with E-state index in [0.29, 0.717) is 12.8 Å². The van der Waals surface area contributed by atoms with Crippen LogP contribution in [0.5, 0.6) is 0 Å². The zero-order valence-electron chi connectivity index (χ0n) is 11.8. The number of hydrogen-bond acceptors (Lipinski definition) is 5.